The van der Waals surface area contributed by atoms with E-state index in [4.69, 9.17) is 22.9 Å². The van der Waals surface area contributed by atoms with E-state index in [1.54, 1.807) is 140 Å². The van der Waals surface area contributed by atoms with Gasteiger partial charge in [-0.1, -0.05) is 166 Å². The Morgan fingerprint density at radius 1 is 0.408 bits per heavy atom. The number of hydrogen-bond donors (Lipinski definition) is 11. The zero-order valence-electron chi connectivity index (χ0n) is 56.7. The Labute approximate surface area is 579 Å². The number of carbonyl (C=O) groups is 6. The van der Waals surface area contributed by atoms with Crippen LogP contribution in [0, 0.1) is 6.92 Å². The van der Waals surface area contributed by atoms with Crippen LogP contribution in [0.4, 0.5) is 0 Å². The van der Waals surface area contributed by atoms with Crippen LogP contribution in [0.3, 0.4) is 0 Å². The van der Waals surface area contributed by atoms with Crippen molar-refractivity contribution in [3.05, 3.63) is 173 Å². The number of rotatable bonds is 46. The molecule has 0 saturated carbocycles. The summed E-state index contributed by atoms with van der Waals surface area (Å²) in [5.74, 6) is -5.49. The minimum absolute atomic E-state index is 0.0188. The van der Waals surface area contributed by atoms with Gasteiger partial charge >= 0.3 is 0 Å². The number of sulfonamides is 3. The molecule has 6 atom stereocenters. The summed E-state index contributed by atoms with van der Waals surface area (Å²) in [6, 6.07) is 34.7. The lowest BCUT2D eigenvalue weighted by atomic mass is 10.0. The third-order valence-corrected chi connectivity index (χ3v) is 21.5. The van der Waals surface area contributed by atoms with Crippen LogP contribution in [0.2, 0.25) is 0 Å². The maximum atomic E-state index is 15.2. The number of unbranched alkanes of at least 4 members (excludes halogenated alkanes) is 2. The molecule has 538 valence electrons. The summed E-state index contributed by atoms with van der Waals surface area (Å²) in [7, 11) is -11.8. The zero-order chi connectivity index (χ0) is 71.7. The lowest BCUT2D eigenvalue weighted by molar-refractivity contribution is -0.130. The summed E-state index contributed by atoms with van der Waals surface area (Å²) in [5.41, 5.74) is 26.6. The van der Waals surface area contributed by atoms with E-state index in [0.29, 0.717) is 73.9 Å². The van der Waals surface area contributed by atoms with Crippen LogP contribution < -0.4 is 60.2 Å². The highest BCUT2D eigenvalue weighted by molar-refractivity contribution is 7.89. The van der Waals surface area contributed by atoms with Gasteiger partial charge in [-0.05, 0) is 92.9 Å². The molecule has 0 bridgehead atoms. The largest absolute Gasteiger partial charge is 0.358 e. The van der Waals surface area contributed by atoms with Crippen LogP contribution in [0.1, 0.15) is 80.2 Å². The van der Waals surface area contributed by atoms with Gasteiger partial charge in [0.2, 0.25) is 65.5 Å². The standard InChI is InChI=1S/C69H102N14O12S3/c1-51(2)75-61(30-18-20-36-71)67(87)76-57(29-17-19-35-70)45-83(98(94,95)60-33-31-52(3)32-34-60)50-66(86)80-63(44-56-27-15-8-16-28-56)69(89)78-59(42-54-23-11-6-12-24-54)47-82(97(92,93)40-38-73)49-65(85)79-62(43-55-25-13-7-14-26-55)68(88)77-58(41-53-21-9-5-10-22-53)46-81(48-64(84)74-4)96(90,91)39-37-72/h5-16,21-28,31-34,51,57-59,61-63,75H,17-20,29-30,35-50,70-73H2,1-4H3,(H,74,84)(H,76,87)(H,77,88)(H,78,89)(H,79,85)(H,80,86). The van der Waals surface area contributed by atoms with Crippen LogP contribution in [-0.2, 0) is 84.5 Å². The van der Waals surface area contributed by atoms with Gasteiger partial charge in [-0.3, -0.25) is 28.8 Å². The topological polar surface area (TPSA) is 403 Å². The van der Waals surface area contributed by atoms with Crippen molar-refractivity contribution < 1.29 is 54.0 Å². The lowest BCUT2D eigenvalue weighted by Crippen LogP contribution is -2.58. The number of likely N-dealkylation sites (N-methyl/N-ethyl adjacent to an activating group) is 1. The molecular formula is C69H102N14O12S3. The second-order valence-electron chi connectivity index (χ2n) is 24.6. The normalized spacial score (nSPS) is 13.8. The first kappa shape index (κ1) is 81.1. The second-order valence-corrected chi connectivity index (χ2v) is 30.8. The fourth-order valence-corrected chi connectivity index (χ4v) is 15.1. The van der Waals surface area contributed by atoms with Crippen LogP contribution in [-0.4, -0.2) is 200 Å². The van der Waals surface area contributed by atoms with Crippen LogP contribution in [0.15, 0.2) is 150 Å². The van der Waals surface area contributed by atoms with Crippen molar-refractivity contribution in [3.63, 3.8) is 0 Å². The van der Waals surface area contributed by atoms with E-state index in [2.05, 4.69) is 37.2 Å². The first-order chi connectivity index (χ1) is 46.8. The van der Waals surface area contributed by atoms with Crippen molar-refractivity contribution in [2.24, 2.45) is 22.9 Å². The molecule has 0 aliphatic carbocycles. The van der Waals surface area contributed by atoms with Gasteiger partial charge in [-0.2, -0.15) is 12.9 Å². The van der Waals surface area contributed by atoms with E-state index in [1.807, 2.05) is 13.8 Å². The van der Waals surface area contributed by atoms with E-state index in [0.717, 1.165) is 18.5 Å². The number of carbonyl (C=O) groups excluding carboxylic acids is 6. The number of nitrogens with two attached hydrogens (primary N) is 4. The molecule has 0 heterocycles. The molecule has 5 rings (SSSR count). The number of nitrogens with zero attached hydrogens (tertiary/aromatic N) is 3. The molecule has 0 fully saturated rings. The van der Waals surface area contributed by atoms with Crippen molar-refractivity contribution >= 4 is 65.5 Å². The molecule has 0 saturated heterocycles. The Balaban J connectivity index is 1.51. The van der Waals surface area contributed by atoms with Gasteiger partial charge in [0.05, 0.1) is 42.1 Å². The molecule has 0 aliphatic rings. The number of nitrogens with one attached hydrogen (secondary N) is 7. The SMILES string of the molecule is CNC(=O)CN(CC(Cc1ccccc1)NC(=O)C(Cc1ccccc1)NC(=O)CN(CC(Cc1ccccc1)NC(=O)C(Cc1ccccc1)NC(=O)CN(CC(CCCCN)NC(=O)C(CCCCN)NC(C)C)S(=O)(=O)c1ccc(C)cc1)S(=O)(=O)CCN)S(=O)(=O)CCN. The van der Waals surface area contributed by atoms with Crippen LogP contribution in [0.5, 0.6) is 0 Å². The van der Waals surface area contributed by atoms with Crippen molar-refractivity contribution in [2.75, 3.05) is 84.0 Å². The molecule has 5 aromatic rings. The summed E-state index contributed by atoms with van der Waals surface area (Å²) in [4.78, 5) is 86.3. The second kappa shape index (κ2) is 41.8. The molecule has 29 heteroatoms. The highest BCUT2D eigenvalue weighted by Crippen LogP contribution is 2.20. The van der Waals surface area contributed by atoms with E-state index < -0.39 is 134 Å². The van der Waals surface area contributed by atoms with Crippen LogP contribution >= 0.6 is 0 Å². The van der Waals surface area contributed by atoms with Gasteiger partial charge in [0.15, 0.2) is 0 Å². The van der Waals surface area contributed by atoms with Crippen molar-refractivity contribution in [1.29, 1.82) is 0 Å². The van der Waals surface area contributed by atoms with Gasteiger partial charge in [0.25, 0.3) is 0 Å². The van der Waals surface area contributed by atoms with Gasteiger partial charge in [0, 0.05) is 76.8 Å². The third-order valence-electron chi connectivity index (χ3n) is 16.1. The Morgan fingerprint density at radius 2 is 0.765 bits per heavy atom. The highest BCUT2D eigenvalue weighted by Gasteiger charge is 2.36. The lowest BCUT2D eigenvalue weighted by Gasteiger charge is -2.31. The van der Waals surface area contributed by atoms with Crippen molar-refractivity contribution in [3.8, 4) is 0 Å². The number of aryl methyl sites for hydroxylation is 1. The van der Waals surface area contributed by atoms with E-state index >= 15 is 4.79 Å². The Hall–Kier alpha value is -7.55. The Bertz CT molecular complexity index is 3610. The number of benzene rings is 5. The molecule has 0 aliphatic heterocycles. The van der Waals surface area contributed by atoms with Gasteiger partial charge < -0.3 is 60.2 Å². The molecule has 98 heavy (non-hydrogen) atoms. The third kappa shape index (κ3) is 28.4. The smallest absolute Gasteiger partial charge is 0.243 e. The summed E-state index contributed by atoms with van der Waals surface area (Å²) < 4.78 is 88.8. The fourth-order valence-electron chi connectivity index (χ4n) is 11.1. The first-order valence-electron chi connectivity index (χ1n) is 33.2. The van der Waals surface area contributed by atoms with Gasteiger partial charge in [-0.15, -0.1) is 0 Å². The molecule has 15 N–H and O–H groups in total. The molecular weight excluding hydrogens is 1310 g/mol. The number of hydrogen-bond acceptors (Lipinski definition) is 17. The minimum atomic E-state index is -4.50. The quantitative estimate of drug-likeness (QED) is 0.0241. The molecule has 5 aromatic carbocycles. The zero-order valence-corrected chi connectivity index (χ0v) is 59.2. The highest BCUT2D eigenvalue weighted by atomic mass is 32.2. The van der Waals surface area contributed by atoms with Crippen molar-refractivity contribution in [2.45, 2.75) is 132 Å². The monoisotopic (exact) mass is 1410 g/mol. The van der Waals surface area contributed by atoms with E-state index in [-0.39, 0.29) is 68.7 Å². The fraction of sp³-hybridized carbons (Fsp3) is 0.478. The summed E-state index contributed by atoms with van der Waals surface area (Å²) >= 11 is 0. The molecule has 6 amide bonds. The molecule has 6 unspecified atom stereocenters. The molecule has 26 nitrogen and oxygen atoms in total. The number of amides is 6. The molecule has 0 spiro atoms. The average Bonchev–Trinajstić information content (AvgIpc) is 0.831. The van der Waals surface area contributed by atoms with E-state index in [9.17, 15) is 49.2 Å². The predicted molar refractivity (Wildman–Crippen MR) is 381 cm³/mol. The molecule has 0 radical (unpaired) electrons. The van der Waals surface area contributed by atoms with Crippen molar-refractivity contribution in [1.82, 2.24) is 50.1 Å². The Morgan fingerprint density at radius 3 is 1.15 bits per heavy atom. The maximum Gasteiger partial charge on any atom is 0.243 e. The minimum Gasteiger partial charge on any atom is -0.358 e. The molecule has 0 aromatic heterocycles. The van der Waals surface area contributed by atoms with Crippen LogP contribution in [0.25, 0.3) is 0 Å². The average molecular weight is 1420 g/mol. The maximum absolute atomic E-state index is 15.2. The van der Waals surface area contributed by atoms with Gasteiger partial charge in [-0.25, -0.2) is 25.3 Å². The van der Waals surface area contributed by atoms with E-state index in [1.165, 1.54) is 19.2 Å². The summed E-state index contributed by atoms with van der Waals surface area (Å²) in [5, 5.41) is 20.2. The summed E-state index contributed by atoms with van der Waals surface area (Å²) in [6.07, 6.45) is 3.00. The predicted octanol–water partition coefficient (Wildman–Crippen LogP) is 0.932. The summed E-state index contributed by atoms with van der Waals surface area (Å²) in [6.45, 7) is 2.23. The Kier molecular flexibility index (Phi) is 34.6. The first-order valence-corrected chi connectivity index (χ1v) is 37.9. The van der Waals surface area contributed by atoms with Gasteiger partial charge in [0.1, 0.15) is 12.1 Å².